The minimum atomic E-state index is -4.17. The number of alkyl halides is 3. The number of aromatic nitrogens is 2. The Hall–Kier alpha value is -0.840. The van der Waals surface area contributed by atoms with Crippen molar-refractivity contribution in [3.05, 3.63) is 20.3 Å². The molecule has 1 aliphatic rings. The van der Waals surface area contributed by atoms with E-state index in [0.29, 0.717) is 35.6 Å². The first kappa shape index (κ1) is 14.6. The SMILES string of the molecule is O=c1[nH]cnc(N2CCN(CC(F)(F)F)CC2)c1I. The topological polar surface area (TPSA) is 52.2 Å². The molecular weight excluding hydrogens is 376 g/mol. The molecule has 0 spiro atoms. The van der Waals surface area contributed by atoms with Gasteiger partial charge in [-0.25, -0.2) is 4.98 Å². The van der Waals surface area contributed by atoms with Crippen LogP contribution in [0.15, 0.2) is 11.1 Å². The fourth-order valence-corrected chi connectivity index (χ4v) is 2.60. The Kier molecular flexibility index (Phi) is 4.33. The highest BCUT2D eigenvalue weighted by atomic mass is 127. The molecular formula is C10H12F3IN4O. The van der Waals surface area contributed by atoms with Crippen molar-refractivity contribution in [2.75, 3.05) is 37.6 Å². The number of aromatic amines is 1. The van der Waals surface area contributed by atoms with Gasteiger partial charge < -0.3 is 9.88 Å². The summed E-state index contributed by atoms with van der Waals surface area (Å²) < 4.78 is 37.3. The van der Waals surface area contributed by atoms with Crippen molar-refractivity contribution in [3.8, 4) is 0 Å². The Labute approximate surface area is 120 Å². The highest BCUT2D eigenvalue weighted by Crippen LogP contribution is 2.20. The second-order valence-corrected chi connectivity index (χ2v) is 5.33. The van der Waals surface area contributed by atoms with Crippen LogP contribution in [-0.4, -0.2) is 53.8 Å². The van der Waals surface area contributed by atoms with E-state index in [9.17, 15) is 18.0 Å². The van der Waals surface area contributed by atoms with E-state index < -0.39 is 12.7 Å². The normalized spacial score (nSPS) is 17.8. The zero-order chi connectivity index (χ0) is 14.0. The molecule has 0 unspecified atom stereocenters. The minimum Gasteiger partial charge on any atom is -0.353 e. The van der Waals surface area contributed by atoms with Gasteiger partial charge >= 0.3 is 6.18 Å². The van der Waals surface area contributed by atoms with Gasteiger partial charge in [0.25, 0.3) is 5.56 Å². The molecule has 5 nitrogen and oxygen atoms in total. The third kappa shape index (κ3) is 3.81. The van der Waals surface area contributed by atoms with E-state index >= 15 is 0 Å². The number of rotatable bonds is 2. The lowest BCUT2D eigenvalue weighted by Crippen LogP contribution is -2.49. The standard InChI is InChI=1S/C10H12F3IN4O/c11-10(12,13)5-17-1-3-18(4-2-17)8-7(14)9(19)16-6-15-8/h6H,1-5H2,(H,15,16,19). The first-order chi connectivity index (χ1) is 8.87. The van der Waals surface area contributed by atoms with Crippen molar-refractivity contribution in [1.82, 2.24) is 14.9 Å². The molecule has 1 aromatic heterocycles. The predicted octanol–water partition coefficient (Wildman–Crippen LogP) is 1.06. The van der Waals surface area contributed by atoms with Gasteiger partial charge in [0.2, 0.25) is 0 Å². The van der Waals surface area contributed by atoms with Crippen LogP contribution in [-0.2, 0) is 0 Å². The van der Waals surface area contributed by atoms with Crippen molar-refractivity contribution in [1.29, 1.82) is 0 Å². The van der Waals surface area contributed by atoms with Gasteiger partial charge in [0, 0.05) is 26.2 Å². The minimum absolute atomic E-state index is 0.233. The smallest absolute Gasteiger partial charge is 0.353 e. The summed E-state index contributed by atoms with van der Waals surface area (Å²) in [6, 6.07) is 0. The Morgan fingerprint density at radius 2 is 1.95 bits per heavy atom. The van der Waals surface area contributed by atoms with Crippen LogP contribution in [0.2, 0.25) is 0 Å². The number of hydrogen-bond acceptors (Lipinski definition) is 4. The summed E-state index contributed by atoms with van der Waals surface area (Å²) in [6.07, 6.45) is -2.86. The molecule has 1 N–H and O–H groups in total. The van der Waals surface area contributed by atoms with Crippen LogP contribution in [0.4, 0.5) is 19.0 Å². The number of nitrogens with one attached hydrogen (secondary N) is 1. The number of piperazine rings is 1. The lowest BCUT2D eigenvalue weighted by atomic mass is 10.3. The molecule has 106 valence electrons. The van der Waals surface area contributed by atoms with E-state index in [-0.39, 0.29) is 5.56 Å². The molecule has 0 atom stereocenters. The van der Waals surface area contributed by atoms with Crippen LogP contribution in [0.1, 0.15) is 0 Å². The van der Waals surface area contributed by atoms with E-state index in [1.165, 1.54) is 11.2 Å². The second-order valence-electron chi connectivity index (χ2n) is 4.25. The van der Waals surface area contributed by atoms with E-state index in [1.807, 2.05) is 27.5 Å². The summed E-state index contributed by atoms with van der Waals surface area (Å²) in [6.45, 7) is 0.597. The third-order valence-electron chi connectivity index (χ3n) is 2.85. The third-order valence-corrected chi connectivity index (χ3v) is 3.83. The van der Waals surface area contributed by atoms with Gasteiger partial charge in [-0.05, 0) is 22.6 Å². The molecule has 0 aliphatic carbocycles. The first-order valence-corrected chi connectivity index (χ1v) is 6.72. The molecule has 2 heterocycles. The Morgan fingerprint density at radius 1 is 1.32 bits per heavy atom. The van der Waals surface area contributed by atoms with E-state index in [2.05, 4.69) is 9.97 Å². The number of halogens is 4. The maximum Gasteiger partial charge on any atom is 0.401 e. The molecule has 9 heteroatoms. The molecule has 1 fully saturated rings. The zero-order valence-corrected chi connectivity index (χ0v) is 12.0. The Balaban J connectivity index is 2.00. The monoisotopic (exact) mass is 388 g/mol. The summed E-state index contributed by atoms with van der Waals surface area (Å²) in [4.78, 5) is 21.2. The maximum atomic E-state index is 12.3. The lowest BCUT2D eigenvalue weighted by molar-refractivity contribution is -0.146. The Morgan fingerprint density at radius 3 is 2.53 bits per heavy atom. The first-order valence-electron chi connectivity index (χ1n) is 5.64. The van der Waals surface area contributed by atoms with Crippen molar-refractivity contribution in [2.24, 2.45) is 0 Å². The average molecular weight is 388 g/mol. The molecule has 0 amide bonds. The van der Waals surface area contributed by atoms with Crippen molar-refractivity contribution in [2.45, 2.75) is 6.18 Å². The van der Waals surface area contributed by atoms with Gasteiger partial charge in [0.1, 0.15) is 9.39 Å². The molecule has 0 aromatic carbocycles. The molecule has 0 radical (unpaired) electrons. The summed E-state index contributed by atoms with van der Waals surface area (Å²) in [7, 11) is 0. The van der Waals surface area contributed by atoms with Gasteiger partial charge in [-0.1, -0.05) is 0 Å². The van der Waals surface area contributed by atoms with Crippen molar-refractivity contribution >= 4 is 28.4 Å². The van der Waals surface area contributed by atoms with E-state index in [4.69, 9.17) is 0 Å². The largest absolute Gasteiger partial charge is 0.401 e. The van der Waals surface area contributed by atoms with Crippen molar-refractivity contribution in [3.63, 3.8) is 0 Å². The summed E-state index contributed by atoms with van der Waals surface area (Å²) >= 11 is 1.89. The van der Waals surface area contributed by atoms with E-state index in [0.717, 1.165) is 0 Å². The molecule has 19 heavy (non-hydrogen) atoms. The molecule has 1 saturated heterocycles. The highest BCUT2D eigenvalue weighted by molar-refractivity contribution is 14.1. The number of hydrogen-bond donors (Lipinski definition) is 1. The van der Waals surface area contributed by atoms with Crippen LogP contribution in [0, 0.1) is 3.57 Å². The van der Waals surface area contributed by atoms with Crippen LogP contribution in [0.5, 0.6) is 0 Å². The predicted molar refractivity (Wildman–Crippen MR) is 72.3 cm³/mol. The molecule has 0 saturated carbocycles. The van der Waals surface area contributed by atoms with Gasteiger partial charge in [-0.15, -0.1) is 0 Å². The maximum absolute atomic E-state index is 12.3. The highest BCUT2D eigenvalue weighted by Gasteiger charge is 2.32. The van der Waals surface area contributed by atoms with Crippen LogP contribution >= 0.6 is 22.6 Å². The molecule has 0 bridgehead atoms. The van der Waals surface area contributed by atoms with Crippen LogP contribution < -0.4 is 10.5 Å². The van der Waals surface area contributed by atoms with Crippen molar-refractivity contribution < 1.29 is 13.2 Å². The fraction of sp³-hybridized carbons (Fsp3) is 0.600. The van der Waals surface area contributed by atoms with Gasteiger partial charge in [0.05, 0.1) is 12.9 Å². The summed E-state index contributed by atoms with van der Waals surface area (Å²) in [5, 5.41) is 0. The van der Waals surface area contributed by atoms with Crippen LogP contribution in [0.3, 0.4) is 0 Å². The number of H-pyrrole nitrogens is 1. The van der Waals surface area contributed by atoms with Gasteiger partial charge in [0.15, 0.2) is 0 Å². The van der Waals surface area contributed by atoms with Gasteiger partial charge in [-0.2, -0.15) is 13.2 Å². The average Bonchev–Trinajstić information content (AvgIpc) is 2.32. The lowest BCUT2D eigenvalue weighted by Gasteiger charge is -2.35. The molecule has 1 aromatic rings. The molecule has 2 rings (SSSR count). The Bertz CT molecular complexity index is 496. The second kappa shape index (κ2) is 5.65. The number of anilines is 1. The van der Waals surface area contributed by atoms with E-state index in [1.54, 1.807) is 0 Å². The van der Waals surface area contributed by atoms with Crippen LogP contribution in [0.25, 0.3) is 0 Å². The van der Waals surface area contributed by atoms with Gasteiger partial charge in [-0.3, -0.25) is 9.69 Å². The quantitative estimate of drug-likeness (QED) is 0.771. The zero-order valence-electron chi connectivity index (χ0n) is 9.87. The summed E-state index contributed by atoms with van der Waals surface area (Å²) in [5.41, 5.74) is -0.233. The molecule has 1 aliphatic heterocycles. The summed E-state index contributed by atoms with van der Waals surface area (Å²) in [5.74, 6) is 0.538. The fourth-order valence-electron chi connectivity index (χ4n) is 1.97. The number of nitrogens with zero attached hydrogens (tertiary/aromatic N) is 3.